The molecule has 0 aromatic carbocycles. The fourth-order valence-corrected chi connectivity index (χ4v) is 1.50. The summed E-state index contributed by atoms with van der Waals surface area (Å²) in [6.07, 6.45) is -0.267. The molecular weight excluding hydrogens is 222 g/mol. The van der Waals surface area contributed by atoms with Crippen LogP contribution in [-0.2, 0) is 9.09 Å². The van der Waals surface area contributed by atoms with Gasteiger partial charge in [0.1, 0.15) is 4.84 Å². The van der Waals surface area contributed by atoms with E-state index in [0.717, 1.165) is 0 Å². The maximum Gasteiger partial charge on any atom is 0.317 e. The Bertz CT molecular complexity index is 184. The van der Waals surface area contributed by atoms with Crippen LogP contribution in [0.3, 0.4) is 0 Å². The van der Waals surface area contributed by atoms with Gasteiger partial charge in [0, 0.05) is 6.42 Å². The van der Waals surface area contributed by atoms with Crippen LogP contribution < -0.4 is 0 Å². The fourth-order valence-electron chi connectivity index (χ4n) is 0.633. The first kappa shape index (κ1) is 12.5. The van der Waals surface area contributed by atoms with Gasteiger partial charge in [-0.15, -0.1) is 23.2 Å². The van der Waals surface area contributed by atoms with E-state index in [1.54, 1.807) is 6.92 Å². The van der Waals surface area contributed by atoms with Crippen molar-refractivity contribution in [3.8, 4) is 0 Å². The Morgan fingerprint density at radius 3 is 2.50 bits per heavy atom. The van der Waals surface area contributed by atoms with E-state index in [1.165, 1.54) is 0 Å². The highest BCUT2D eigenvalue weighted by Gasteiger charge is 2.15. The third kappa shape index (κ3) is 6.04. The molecule has 0 spiro atoms. The van der Waals surface area contributed by atoms with Crippen LogP contribution in [0.5, 0.6) is 0 Å². The second kappa shape index (κ2) is 6.01. The van der Waals surface area contributed by atoms with Crippen LogP contribution >= 0.6 is 31.5 Å². The Labute approximate surface area is 82.3 Å². The molecule has 0 radical (unpaired) electrons. The van der Waals surface area contributed by atoms with Crippen LogP contribution in [0.4, 0.5) is 0 Å². The van der Waals surface area contributed by atoms with Crippen molar-refractivity contribution in [2.24, 2.45) is 0 Å². The number of alkyl halides is 2. The molecule has 0 aromatic rings. The van der Waals surface area contributed by atoms with Gasteiger partial charge in [-0.2, -0.15) is 0 Å². The summed E-state index contributed by atoms with van der Waals surface area (Å²) in [5.41, 5.74) is 0.633. The van der Waals surface area contributed by atoms with Gasteiger partial charge in [0.25, 0.3) is 0 Å². The molecule has 2 atom stereocenters. The lowest BCUT2D eigenvalue weighted by molar-refractivity contribution is 0.214. The Balaban J connectivity index is 4.04. The Kier molecular flexibility index (Phi) is 6.24. The van der Waals surface area contributed by atoms with E-state index in [9.17, 15) is 4.57 Å². The van der Waals surface area contributed by atoms with Crippen LogP contribution in [0.2, 0.25) is 0 Å². The molecule has 6 heteroatoms. The molecule has 0 rings (SSSR count). The summed E-state index contributed by atoms with van der Waals surface area (Å²) in [4.78, 5) is 7.86. The minimum absolute atomic E-state index is 0.273. The minimum Gasteiger partial charge on any atom is -0.326 e. The molecule has 0 saturated heterocycles. The van der Waals surface area contributed by atoms with Crippen molar-refractivity contribution < 1.29 is 14.0 Å². The van der Waals surface area contributed by atoms with Crippen molar-refractivity contribution in [1.82, 2.24) is 0 Å². The molecule has 0 amide bonds. The van der Waals surface area contributed by atoms with Crippen LogP contribution in [0.1, 0.15) is 13.3 Å². The van der Waals surface area contributed by atoms with Gasteiger partial charge in [0.05, 0.1) is 6.10 Å². The van der Waals surface area contributed by atoms with Crippen LogP contribution in [-0.4, -0.2) is 15.8 Å². The zero-order valence-corrected chi connectivity index (χ0v) is 9.10. The molecule has 12 heavy (non-hydrogen) atoms. The highest BCUT2D eigenvalue weighted by atomic mass is 35.5. The highest BCUT2D eigenvalue weighted by molar-refractivity contribution is 7.32. The topological polar surface area (TPSA) is 46.5 Å². The molecule has 3 nitrogen and oxygen atoms in total. The van der Waals surface area contributed by atoms with Gasteiger partial charge >= 0.3 is 8.25 Å². The molecule has 1 N–H and O–H groups in total. The molecule has 0 saturated carbocycles. The zero-order valence-electron chi connectivity index (χ0n) is 6.59. The first-order valence-corrected chi connectivity index (χ1v) is 5.40. The van der Waals surface area contributed by atoms with E-state index in [-0.39, 0.29) is 6.42 Å². The maximum absolute atomic E-state index is 10.3. The number of rotatable bonds is 5. The van der Waals surface area contributed by atoms with Gasteiger partial charge in [-0.25, -0.2) is 0 Å². The summed E-state index contributed by atoms with van der Waals surface area (Å²) in [7, 11) is -2.95. The monoisotopic (exact) mass is 232 g/mol. The van der Waals surface area contributed by atoms with Crippen molar-refractivity contribution >= 4 is 31.5 Å². The van der Waals surface area contributed by atoms with E-state index >= 15 is 0 Å². The van der Waals surface area contributed by atoms with Gasteiger partial charge in [-0.1, -0.05) is 12.2 Å². The first-order chi connectivity index (χ1) is 5.43. The predicted molar refractivity (Wildman–Crippen MR) is 51.0 cm³/mol. The normalized spacial score (nSPS) is 16.1. The smallest absolute Gasteiger partial charge is 0.317 e. The average molecular weight is 233 g/mol. The molecule has 0 fully saturated rings. The quantitative estimate of drug-likeness (QED) is 0.450. The largest absolute Gasteiger partial charge is 0.326 e. The predicted octanol–water partition coefficient (Wildman–Crippen LogP) is 2.52. The van der Waals surface area contributed by atoms with Gasteiger partial charge in [-0.3, -0.25) is 4.57 Å². The van der Waals surface area contributed by atoms with E-state index in [2.05, 4.69) is 11.1 Å². The van der Waals surface area contributed by atoms with E-state index in [0.29, 0.717) is 5.57 Å². The molecule has 0 aromatic heterocycles. The zero-order chi connectivity index (χ0) is 9.72. The number of halogens is 2. The number of hydrogen-bond donors (Lipinski definition) is 1. The third-order valence-electron chi connectivity index (χ3n) is 1.18. The van der Waals surface area contributed by atoms with Crippen molar-refractivity contribution in [2.45, 2.75) is 24.3 Å². The van der Waals surface area contributed by atoms with Crippen molar-refractivity contribution in [1.29, 1.82) is 0 Å². The first-order valence-electron chi connectivity index (χ1n) is 3.26. The van der Waals surface area contributed by atoms with Crippen molar-refractivity contribution in [3.63, 3.8) is 0 Å². The van der Waals surface area contributed by atoms with Crippen LogP contribution in [0, 0.1) is 0 Å². The van der Waals surface area contributed by atoms with E-state index in [4.69, 9.17) is 28.1 Å². The van der Waals surface area contributed by atoms with Gasteiger partial charge < -0.3 is 9.42 Å². The third-order valence-corrected chi connectivity index (χ3v) is 2.03. The summed E-state index contributed by atoms with van der Waals surface area (Å²) in [5, 5.41) is 0. The fraction of sp³-hybridized carbons (Fsp3) is 0.667. The minimum atomic E-state index is -2.95. The summed E-state index contributed by atoms with van der Waals surface area (Å²) in [6.45, 7) is 5.27. The lowest BCUT2D eigenvalue weighted by Gasteiger charge is -2.15. The second-order valence-corrected chi connectivity index (χ2v) is 4.39. The molecule has 0 bridgehead atoms. The highest BCUT2D eigenvalue weighted by Crippen LogP contribution is 2.26. The van der Waals surface area contributed by atoms with Gasteiger partial charge in [0.15, 0.2) is 0 Å². The molecule has 0 aliphatic carbocycles. The lowest BCUT2D eigenvalue weighted by Crippen LogP contribution is -2.13. The number of hydrogen-bond acceptors (Lipinski definition) is 2. The Hall–Kier alpha value is 0.470. The lowest BCUT2D eigenvalue weighted by atomic mass is 10.1. The maximum atomic E-state index is 10.3. The average Bonchev–Trinajstić information content (AvgIpc) is 1.83. The van der Waals surface area contributed by atoms with Crippen molar-refractivity contribution in [2.75, 3.05) is 0 Å². The standard InChI is InChI=1S/C6H11Cl2O3P/c1-4(2)5(3-6(7)8)11-12(9)10/h5-6,12H,1,3H2,2H3,(H,9,10). The SMILES string of the molecule is C=C(C)C(CC(Cl)Cl)O[PH](=O)O. The van der Waals surface area contributed by atoms with Gasteiger partial charge in [-0.05, 0) is 6.92 Å². The molecule has 0 heterocycles. The molecule has 0 aliphatic heterocycles. The summed E-state index contributed by atoms with van der Waals surface area (Å²) < 4.78 is 15.0. The molecule has 2 unspecified atom stereocenters. The van der Waals surface area contributed by atoms with E-state index < -0.39 is 19.2 Å². The summed E-state index contributed by atoms with van der Waals surface area (Å²) in [6, 6.07) is 0. The molecule has 0 aliphatic rings. The Morgan fingerprint density at radius 1 is 1.75 bits per heavy atom. The summed E-state index contributed by atoms with van der Waals surface area (Å²) >= 11 is 10.9. The second-order valence-electron chi connectivity index (χ2n) is 2.35. The Morgan fingerprint density at radius 2 is 2.25 bits per heavy atom. The van der Waals surface area contributed by atoms with Crippen LogP contribution in [0.15, 0.2) is 12.2 Å². The van der Waals surface area contributed by atoms with Crippen LogP contribution in [0.25, 0.3) is 0 Å². The molecule has 72 valence electrons. The van der Waals surface area contributed by atoms with E-state index in [1.807, 2.05) is 0 Å². The van der Waals surface area contributed by atoms with Crippen molar-refractivity contribution in [3.05, 3.63) is 12.2 Å². The summed E-state index contributed by atoms with van der Waals surface area (Å²) in [5.74, 6) is 0. The molecular formula is C6H11Cl2O3P. The van der Waals surface area contributed by atoms with Gasteiger partial charge in [0.2, 0.25) is 0 Å².